The standard InChI is InChI=1S/C19H26N6O3/c1-2-28-18(26)16-5-6-17(21-15-16)23-11-13-24(14-12-23)19(27)20-7-3-9-25-10-4-8-22-25/h4-6,8,10,15H,2-3,7,9,11-14H2,1H3,(H,20,27). The van der Waals surface area contributed by atoms with Crippen molar-refractivity contribution in [1.82, 2.24) is 25.0 Å². The maximum absolute atomic E-state index is 12.3. The minimum Gasteiger partial charge on any atom is -0.462 e. The zero-order chi connectivity index (χ0) is 19.8. The van der Waals surface area contributed by atoms with E-state index in [1.54, 1.807) is 19.2 Å². The summed E-state index contributed by atoms with van der Waals surface area (Å²) in [7, 11) is 0. The van der Waals surface area contributed by atoms with Crippen molar-refractivity contribution < 1.29 is 14.3 Å². The normalized spacial score (nSPS) is 14.0. The van der Waals surface area contributed by atoms with Gasteiger partial charge in [0.05, 0.1) is 12.2 Å². The lowest BCUT2D eigenvalue weighted by molar-refractivity contribution is 0.0526. The van der Waals surface area contributed by atoms with E-state index < -0.39 is 0 Å². The number of ether oxygens (including phenoxy) is 1. The lowest BCUT2D eigenvalue weighted by atomic mass is 10.2. The summed E-state index contributed by atoms with van der Waals surface area (Å²) in [5.41, 5.74) is 0.443. The molecule has 0 unspecified atom stereocenters. The second-order valence-corrected chi connectivity index (χ2v) is 6.45. The number of carbonyl (C=O) groups excluding carboxylic acids is 2. The SMILES string of the molecule is CCOC(=O)c1ccc(N2CCN(C(=O)NCCCn3cccn3)CC2)nc1. The Labute approximate surface area is 164 Å². The summed E-state index contributed by atoms with van der Waals surface area (Å²) in [5.74, 6) is 0.433. The molecule has 150 valence electrons. The number of amides is 2. The molecule has 0 radical (unpaired) electrons. The smallest absolute Gasteiger partial charge is 0.339 e. The van der Waals surface area contributed by atoms with E-state index in [1.165, 1.54) is 6.20 Å². The second kappa shape index (κ2) is 9.72. The number of anilines is 1. The average Bonchev–Trinajstić information content (AvgIpc) is 3.25. The molecule has 0 aliphatic carbocycles. The molecule has 0 bridgehead atoms. The van der Waals surface area contributed by atoms with Crippen molar-refractivity contribution in [3.8, 4) is 0 Å². The number of esters is 1. The topological polar surface area (TPSA) is 92.6 Å². The number of aryl methyl sites for hydroxylation is 1. The number of nitrogens with zero attached hydrogens (tertiary/aromatic N) is 5. The average molecular weight is 386 g/mol. The van der Waals surface area contributed by atoms with Gasteiger partial charge in [-0.1, -0.05) is 0 Å². The summed E-state index contributed by atoms with van der Waals surface area (Å²) < 4.78 is 6.82. The van der Waals surface area contributed by atoms with Crippen LogP contribution in [-0.4, -0.2) is 71.0 Å². The fourth-order valence-electron chi connectivity index (χ4n) is 3.03. The first-order chi connectivity index (χ1) is 13.7. The summed E-state index contributed by atoms with van der Waals surface area (Å²) in [5, 5.41) is 7.10. The van der Waals surface area contributed by atoms with Crippen LogP contribution in [0, 0.1) is 0 Å². The van der Waals surface area contributed by atoms with Crippen LogP contribution in [0.3, 0.4) is 0 Å². The number of nitrogens with one attached hydrogen (secondary N) is 1. The van der Waals surface area contributed by atoms with Crippen LogP contribution in [0.1, 0.15) is 23.7 Å². The first-order valence-electron chi connectivity index (χ1n) is 9.55. The van der Waals surface area contributed by atoms with E-state index in [2.05, 4.69) is 20.3 Å². The van der Waals surface area contributed by atoms with Crippen molar-refractivity contribution in [2.45, 2.75) is 19.9 Å². The van der Waals surface area contributed by atoms with E-state index in [4.69, 9.17) is 4.74 Å². The Morgan fingerprint density at radius 1 is 1.21 bits per heavy atom. The molecule has 0 spiro atoms. The van der Waals surface area contributed by atoms with Crippen molar-refractivity contribution in [2.24, 2.45) is 0 Å². The van der Waals surface area contributed by atoms with Crippen LogP contribution < -0.4 is 10.2 Å². The van der Waals surface area contributed by atoms with Crippen LogP contribution in [0.2, 0.25) is 0 Å². The van der Waals surface area contributed by atoms with Gasteiger partial charge in [0.2, 0.25) is 0 Å². The van der Waals surface area contributed by atoms with Gasteiger partial charge < -0.3 is 19.9 Å². The molecule has 1 saturated heterocycles. The first kappa shape index (κ1) is 19.7. The van der Waals surface area contributed by atoms with Crippen molar-refractivity contribution in [3.05, 3.63) is 42.4 Å². The van der Waals surface area contributed by atoms with Gasteiger partial charge in [-0.15, -0.1) is 0 Å². The van der Waals surface area contributed by atoms with Crippen LogP contribution in [0.25, 0.3) is 0 Å². The third-order valence-corrected chi connectivity index (χ3v) is 4.55. The molecular formula is C19H26N6O3. The second-order valence-electron chi connectivity index (χ2n) is 6.45. The zero-order valence-corrected chi connectivity index (χ0v) is 16.1. The van der Waals surface area contributed by atoms with Gasteiger partial charge in [-0.25, -0.2) is 14.6 Å². The summed E-state index contributed by atoms with van der Waals surface area (Å²) in [4.78, 5) is 32.3. The highest BCUT2D eigenvalue weighted by Gasteiger charge is 2.21. The maximum atomic E-state index is 12.3. The van der Waals surface area contributed by atoms with E-state index in [1.807, 2.05) is 27.9 Å². The van der Waals surface area contributed by atoms with Crippen LogP contribution in [0.5, 0.6) is 0 Å². The molecule has 0 saturated carbocycles. The fraction of sp³-hybridized carbons (Fsp3) is 0.474. The number of urea groups is 1. The molecule has 0 aromatic carbocycles. The van der Waals surface area contributed by atoms with E-state index in [-0.39, 0.29) is 12.0 Å². The lowest BCUT2D eigenvalue weighted by Crippen LogP contribution is -2.52. The summed E-state index contributed by atoms with van der Waals surface area (Å²) in [6.45, 7) is 6.18. The lowest BCUT2D eigenvalue weighted by Gasteiger charge is -2.35. The number of hydrogen-bond acceptors (Lipinski definition) is 6. The van der Waals surface area contributed by atoms with Crippen molar-refractivity contribution in [3.63, 3.8) is 0 Å². The molecule has 9 heteroatoms. The Hall–Kier alpha value is -3.10. The van der Waals surface area contributed by atoms with Crippen LogP contribution in [0.15, 0.2) is 36.8 Å². The third kappa shape index (κ3) is 5.21. The maximum Gasteiger partial charge on any atom is 0.339 e. The number of rotatable bonds is 7. The van der Waals surface area contributed by atoms with E-state index in [0.29, 0.717) is 44.9 Å². The first-order valence-corrected chi connectivity index (χ1v) is 9.55. The molecule has 9 nitrogen and oxygen atoms in total. The van der Waals surface area contributed by atoms with Gasteiger partial charge in [-0.3, -0.25) is 4.68 Å². The summed E-state index contributed by atoms with van der Waals surface area (Å²) >= 11 is 0. The zero-order valence-electron chi connectivity index (χ0n) is 16.1. The summed E-state index contributed by atoms with van der Waals surface area (Å²) in [6, 6.07) is 5.39. The third-order valence-electron chi connectivity index (χ3n) is 4.55. The number of pyridine rings is 1. The van der Waals surface area contributed by atoms with Gasteiger partial charge in [0.1, 0.15) is 5.82 Å². The van der Waals surface area contributed by atoms with E-state index >= 15 is 0 Å². The molecule has 28 heavy (non-hydrogen) atoms. The van der Waals surface area contributed by atoms with Gasteiger partial charge in [-0.05, 0) is 31.5 Å². The Balaban J connectivity index is 1.39. The molecule has 1 N–H and O–H groups in total. The number of hydrogen-bond donors (Lipinski definition) is 1. The minimum absolute atomic E-state index is 0.0364. The molecule has 1 fully saturated rings. The van der Waals surface area contributed by atoms with Gasteiger partial charge >= 0.3 is 12.0 Å². The monoisotopic (exact) mass is 386 g/mol. The highest BCUT2D eigenvalue weighted by molar-refractivity contribution is 5.89. The van der Waals surface area contributed by atoms with Crippen molar-refractivity contribution >= 4 is 17.8 Å². The largest absolute Gasteiger partial charge is 0.462 e. The quantitative estimate of drug-likeness (QED) is 0.571. The highest BCUT2D eigenvalue weighted by Crippen LogP contribution is 2.14. The minimum atomic E-state index is -0.365. The molecule has 2 aromatic heterocycles. The molecule has 1 aliphatic heterocycles. The van der Waals surface area contributed by atoms with Gasteiger partial charge in [0, 0.05) is 57.9 Å². The van der Waals surface area contributed by atoms with Crippen LogP contribution in [-0.2, 0) is 11.3 Å². The molecule has 2 amide bonds. The Morgan fingerprint density at radius 3 is 2.68 bits per heavy atom. The number of carbonyl (C=O) groups is 2. The van der Waals surface area contributed by atoms with Gasteiger partial charge in [0.15, 0.2) is 0 Å². The molecule has 1 aliphatic rings. The Morgan fingerprint density at radius 2 is 2.04 bits per heavy atom. The summed E-state index contributed by atoms with van der Waals surface area (Å²) in [6.07, 6.45) is 6.03. The predicted octanol–water partition coefficient (Wildman–Crippen LogP) is 1.38. The number of aromatic nitrogens is 3. The van der Waals surface area contributed by atoms with Crippen molar-refractivity contribution in [2.75, 3.05) is 44.2 Å². The Bertz CT molecular complexity index is 754. The number of piperazine rings is 1. The predicted molar refractivity (Wildman–Crippen MR) is 104 cm³/mol. The molecule has 3 heterocycles. The van der Waals surface area contributed by atoms with Crippen LogP contribution in [0.4, 0.5) is 10.6 Å². The van der Waals surface area contributed by atoms with Crippen LogP contribution >= 0.6 is 0 Å². The molecule has 0 atom stereocenters. The van der Waals surface area contributed by atoms with E-state index in [0.717, 1.165) is 18.8 Å². The molecule has 2 aromatic rings. The van der Waals surface area contributed by atoms with Crippen molar-refractivity contribution in [1.29, 1.82) is 0 Å². The van der Waals surface area contributed by atoms with Gasteiger partial charge in [0.25, 0.3) is 0 Å². The highest BCUT2D eigenvalue weighted by atomic mass is 16.5. The van der Waals surface area contributed by atoms with E-state index in [9.17, 15) is 9.59 Å². The Kier molecular flexibility index (Phi) is 6.83. The fourth-order valence-corrected chi connectivity index (χ4v) is 3.03. The molecular weight excluding hydrogens is 360 g/mol. The van der Waals surface area contributed by atoms with Gasteiger partial charge in [-0.2, -0.15) is 5.10 Å². The molecule has 3 rings (SSSR count).